The summed E-state index contributed by atoms with van der Waals surface area (Å²) in [7, 11) is -2.75. The molecule has 3 aromatic rings. The summed E-state index contributed by atoms with van der Waals surface area (Å²) in [5.41, 5.74) is 0.391. The second kappa shape index (κ2) is 9.32. The smallest absolute Gasteiger partial charge is 0.264 e. The fraction of sp³-hybridized carbons (Fsp3) is 0.0952. The summed E-state index contributed by atoms with van der Waals surface area (Å²) in [5, 5.41) is 2.29. The number of rotatable bonds is 7. The summed E-state index contributed by atoms with van der Waals surface area (Å²) in [4.78, 5) is 12.4. The minimum absolute atomic E-state index is 0.191. The number of hydrogen-bond donors (Lipinski definition) is 1. The molecule has 0 atom stereocenters. The molecule has 0 unspecified atom stereocenters. The van der Waals surface area contributed by atoms with Gasteiger partial charge in [0.2, 0.25) is 5.91 Å². The van der Waals surface area contributed by atoms with Crippen molar-refractivity contribution in [3.8, 4) is 5.75 Å². The Morgan fingerprint density at radius 1 is 1.03 bits per heavy atom. The molecule has 3 aromatic carbocycles. The van der Waals surface area contributed by atoms with Crippen LogP contribution in [-0.2, 0) is 14.8 Å². The first kappa shape index (κ1) is 22.5. The molecule has 3 rings (SSSR count). The van der Waals surface area contributed by atoms with Crippen molar-refractivity contribution < 1.29 is 26.7 Å². The summed E-state index contributed by atoms with van der Waals surface area (Å²) in [6.45, 7) is -0.596. The Morgan fingerprint density at radius 2 is 1.68 bits per heavy atom. The first-order chi connectivity index (χ1) is 14.7. The minimum atomic E-state index is -4.21. The normalized spacial score (nSPS) is 11.1. The van der Waals surface area contributed by atoms with Crippen LogP contribution in [0.5, 0.6) is 5.75 Å². The molecule has 0 aromatic heterocycles. The quantitative estimate of drug-likeness (QED) is 0.557. The Labute approximate surface area is 183 Å². The Bertz CT molecular complexity index is 1190. The van der Waals surface area contributed by atoms with Crippen LogP contribution in [0.1, 0.15) is 0 Å². The number of nitrogens with one attached hydrogen (secondary N) is 1. The number of amides is 1. The summed E-state index contributed by atoms with van der Waals surface area (Å²) in [5.74, 6) is -1.45. The van der Waals surface area contributed by atoms with Gasteiger partial charge in [0.15, 0.2) is 0 Å². The average Bonchev–Trinajstić information content (AvgIpc) is 2.75. The lowest BCUT2D eigenvalue weighted by Gasteiger charge is -2.24. The van der Waals surface area contributed by atoms with E-state index in [0.717, 1.165) is 34.6 Å². The van der Waals surface area contributed by atoms with E-state index in [1.165, 1.54) is 31.4 Å². The van der Waals surface area contributed by atoms with Crippen LogP contribution in [0.4, 0.5) is 20.2 Å². The standard InChI is InChI=1S/C21H17ClF2N2O4S/c1-30-17-7-5-16(6-8-17)26(31(28,29)18-9-2-14(23)3-10-18)13-21(27)25-15-4-11-20(24)19(22)12-15/h2-12H,13H2,1H3,(H,25,27). The van der Waals surface area contributed by atoms with Gasteiger partial charge in [0.1, 0.15) is 23.9 Å². The third-order valence-corrected chi connectivity index (χ3v) is 6.33. The zero-order valence-corrected chi connectivity index (χ0v) is 17.8. The number of halogens is 3. The number of nitrogens with zero attached hydrogens (tertiary/aromatic N) is 1. The lowest BCUT2D eigenvalue weighted by Crippen LogP contribution is -2.38. The zero-order chi connectivity index (χ0) is 22.6. The van der Waals surface area contributed by atoms with E-state index in [2.05, 4.69) is 5.32 Å². The summed E-state index contributed by atoms with van der Waals surface area (Å²) >= 11 is 5.72. The van der Waals surface area contributed by atoms with Gasteiger partial charge in [-0.05, 0) is 66.7 Å². The number of anilines is 2. The van der Waals surface area contributed by atoms with Gasteiger partial charge in [0.25, 0.3) is 10.0 Å². The molecule has 0 aliphatic rings. The highest BCUT2D eigenvalue weighted by Gasteiger charge is 2.27. The van der Waals surface area contributed by atoms with Crippen LogP contribution in [0.15, 0.2) is 71.6 Å². The van der Waals surface area contributed by atoms with Crippen molar-refractivity contribution in [2.24, 2.45) is 0 Å². The van der Waals surface area contributed by atoms with Crippen molar-refractivity contribution in [3.63, 3.8) is 0 Å². The van der Waals surface area contributed by atoms with Gasteiger partial charge >= 0.3 is 0 Å². The maximum atomic E-state index is 13.3. The van der Waals surface area contributed by atoms with Gasteiger partial charge in [0, 0.05) is 5.69 Å². The lowest BCUT2D eigenvalue weighted by atomic mass is 10.3. The van der Waals surface area contributed by atoms with Crippen LogP contribution < -0.4 is 14.4 Å². The van der Waals surface area contributed by atoms with E-state index in [1.54, 1.807) is 12.1 Å². The van der Waals surface area contributed by atoms with Crippen molar-refractivity contribution in [3.05, 3.63) is 83.4 Å². The van der Waals surface area contributed by atoms with Gasteiger partial charge in [-0.3, -0.25) is 9.10 Å². The predicted molar refractivity (Wildman–Crippen MR) is 114 cm³/mol. The van der Waals surface area contributed by atoms with E-state index in [4.69, 9.17) is 16.3 Å². The number of benzene rings is 3. The first-order valence-electron chi connectivity index (χ1n) is 8.88. The van der Waals surface area contributed by atoms with Crippen molar-refractivity contribution in [1.82, 2.24) is 0 Å². The number of carbonyl (C=O) groups excluding carboxylic acids is 1. The van der Waals surface area contributed by atoms with E-state index in [9.17, 15) is 22.0 Å². The van der Waals surface area contributed by atoms with E-state index >= 15 is 0 Å². The van der Waals surface area contributed by atoms with Gasteiger partial charge in [-0.1, -0.05) is 11.6 Å². The third-order valence-electron chi connectivity index (χ3n) is 4.25. The topological polar surface area (TPSA) is 75.7 Å². The lowest BCUT2D eigenvalue weighted by molar-refractivity contribution is -0.114. The van der Waals surface area contributed by atoms with Gasteiger partial charge < -0.3 is 10.1 Å². The fourth-order valence-corrected chi connectivity index (χ4v) is 4.30. The van der Waals surface area contributed by atoms with Crippen LogP contribution in [0.2, 0.25) is 5.02 Å². The summed E-state index contributed by atoms with van der Waals surface area (Å²) in [6.07, 6.45) is 0. The molecule has 1 N–H and O–H groups in total. The van der Waals surface area contributed by atoms with Crippen molar-refractivity contribution in [1.29, 1.82) is 0 Å². The molecule has 0 saturated heterocycles. The van der Waals surface area contributed by atoms with Gasteiger partial charge in [-0.25, -0.2) is 17.2 Å². The highest BCUT2D eigenvalue weighted by atomic mass is 35.5. The minimum Gasteiger partial charge on any atom is -0.497 e. The molecule has 6 nitrogen and oxygen atoms in total. The molecule has 0 heterocycles. The Balaban J connectivity index is 1.93. The second-order valence-corrected chi connectivity index (χ2v) is 8.61. The second-order valence-electron chi connectivity index (χ2n) is 6.34. The van der Waals surface area contributed by atoms with Crippen LogP contribution in [0.3, 0.4) is 0 Å². The van der Waals surface area contributed by atoms with E-state index in [-0.39, 0.29) is 21.3 Å². The van der Waals surface area contributed by atoms with Crippen molar-refractivity contribution >= 4 is 38.9 Å². The molecular weight excluding hydrogens is 450 g/mol. The van der Waals surface area contributed by atoms with E-state index in [1.807, 2.05) is 0 Å². The van der Waals surface area contributed by atoms with Crippen LogP contribution in [0, 0.1) is 11.6 Å². The van der Waals surface area contributed by atoms with Gasteiger partial charge in [-0.2, -0.15) is 0 Å². The monoisotopic (exact) mass is 466 g/mol. The first-order valence-corrected chi connectivity index (χ1v) is 10.7. The number of methoxy groups -OCH3 is 1. The Hall–Kier alpha value is -3.17. The zero-order valence-electron chi connectivity index (χ0n) is 16.2. The molecule has 1 amide bonds. The molecule has 0 aliphatic carbocycles. The molecule has 162 valence electrons. The molecule has 0 saturated carbocycles. The third kappa shape index (κ3) is 5.31. The highest BCUT2D eigenvalue weighted by Crippen LogP contribution is 2.26. The molecule has 31 heavy (non-hydrogen) atoms. The molecule has 0 radical (unpaired) electrons. The number of carbonyl (C=O) groups is 1. The van der Waals surface area contributed by atoms with E-state index in [0.29, 0.717) is 5.75 Å². The van der Waals surface area contributed by atoms with Crippen LogP contribution in [0.25, 0.3) is 0 Å². The van der Waals surface area contributed by atoms with Crippen LogP contribution in [-0.4, -0.2) is 28.0 Å². The maximum Gasteiger partial charge on any atom is 0.264 e. The van der Waals surface area contributed by atoms with Crippen molar-refractivity contribution in [2.45, 2.75) is 4.90 Å². The SMILES string of the molecule is COc1ccc(N(CC(=O)Nc2ccc(F)c(Cl)c2)S(=O)(=O)c2ccc(F)cc2)cc1. The number of sulfonamides is 1. The van der Waals surface area contributed by atoms with Crippen LogP contribution >= 0.6 is 11.6 Å². The van der Waals surface area contributed by atoms with Gasteiger partial charge in [-0.15, -0.1) is 0 Å². The Morgan fingerprint density at radius 3 is 2.26 bits per heavy atom. The Kier molecular flexibility index (Phi) is 6.77. The predicted octanol–water partition coefficient (Wildman–Crippen LogP) is 4.46. The maximum absolute atomic E-state index is 13.3. The van der Waals surface area contributed by atoms with Crippen molar-refractivity contribution in [2.75, 3.05) is 23.3 Å². The fourth-order valence-electron chi connectivity index (χ4n) is 2.70. The number of hydrogen-bond acceptors (Lipinski definition) is 4. The molecular formula is C21H17ClF2N2O4S. The molecule has 10 heteroatoms. The molecule has 0 aliphatic heterocycles. The summed E-state index contributed by atoms with van der Waals surface area (Å²) < 4.78 is 59.0. The van der Waals surface area contributed by atoms with Gasteiger partial charge in [0.05, 0.1) is 22.7 Å². The van der Waals surface area contributed by atoms with E-state index < -0.39 is 34.1 Å². The highest BCUT2D eigenvalue weighted by molar-refractivity contribution is 7.92. The molecule has 0 fully saturated rings. The number of ether oxygens (including phenoxy) is 1. The molecule has 0 bridgehead atoms. The molecule has 0 spiro atoms. The summed E-state index contributed by atoms with van der Waals surface area (Å²) in [6, 6.07) is 13.9. The largest absolute Gasteiger partial charge is 0.497 e. The average molecular weight is 467 g/mol.